The lowest BCUT2D eigenvalue weighted by Crippen LogP contribution is -2.35. The first-order valence-corrected chi connectivity index (χ1v) is 6.55. The van der Waals surface area contributed by atoms with Crippen molar-refractivity contribution >= 4 is 5.97 Å². The number of rotatable bonds is 6. The minimum Gasteiger partial charge on any atom is -0.479 e. The lowest BCUT2D eigenvalue weighted by molar-refractivity contribution is -0.145. The van der Waals surface area contributed by atoms with Gasteiger partial charge in [0.15, 0.2) is 6.10 Å². The first-order valence-electron chi connectivity index (χ1n) is 6.55. The van der Waals surface area contributed by atoms with Crippen molar-refractivity contribution in [2.24, 2.45) is 0 Å². The van der Waals surface area contributed by atoms with Gasteiger partial charge in [0.25, 0.3) is 0 Å². The van der Waals surface area contributed by atoms with Gasteiger partial charge in [-0.1, -0.05) is 19.1 Å². The van der Waals surface area contributed by atoms with Crippen LogP contribution in [-0.2, 0) is 11.3 Å². The van der Waals surface area contributed by atoms with Gasteiger partial charge < -0.3 is 15.2 Å². The number of ether oxygens (including phenoxy) is 1. The zero-order valence-corrected chi connectivity index (χ0v) is 12.1. The molecule has 1 rings (SSSR count). The van der Waals surface area contributed by atoms with Gasteiger partial charge >= 0.3 is 5.97 Å². The fourth-order valence-corrected chi connectivity index (χ4v) is 1.53. The van der Waals surface area contributed by atoms with E-state index in [4.69, 9.17) is 9.84 Å². The number of carboxylic acid groups (broad SMARTS) is 1. The Bertz CT molecular complexity index is 406. The van der Waals surface area contributed by atoms with Crippen molar-refractivity contribution in [3.05, 3.63) is 29.8 Å². The predicted octanol–water partition coefficient (Wildman–Crippen LogP) is 2.82. The van der Waals surface area contributed by atoms with Crippen molar-refractivity contribution in [2.45, 2.75) is 52.3 Å². The molecule has 0 heterocycles. The monoisotopic (exact) mass is 265 g/mol. The fourth-order valence-electron chi connectivity index (χ4n) is 1.53. The topological polar surface area (TPSA) is 58.6 Å². The molecule has 1 unspecified atom stereocenters. The SMILES string of the molecule is CCC(Oc1ccc(CNC(C)(C)C)cc1)C(=O)O. The van der Waals surface area contributed by atoms with Crippen molar-refractivity contribution in [1.29, 1.82) is 0 Å². The van der Waals surface area contributed by atoms with E-state index in [0.717, 1.165) is 12.1 Å². The smallest absolute Gasteiger partial charge is 0.344 e. The summed E-state index contributed by atoms with van der Waals surface area (Å²) in [5.41, 5.74) is 1.22. The number of aliphatic carboxylic acids is 1. The lowest BCUT2D eigenvalue weighted by Gasteiger charge is -2.20. The molecule has 0 aliphatic rings. The van der Waals surface area contributed by atoms with E-state index in [-0.39, 0.29) is 5.54 Å². The summed E-state index contributed by atoms with van der Waals surface area (Å²) in [5.74, 6) is -0.338. The second-order valence-electron chi connectivity index (χ2n) is 5.60. The Morgan fingerprint density at radius 1 is 1.32 bits per heavy atom. The van der Waals surface area contributed by atoms with Gasteiger partial charge in [0.1, 0.15) is 5.75 Å². The van der Waals surface area contributed by atoms with E-state index in [1.54, 1.807) is 6.92 Å². The average molecular weight is 265 g/mol. The van der Waals surface area contributed by atoms with Gasteiger partial charge in [0.2, 0.25) is 0 Å². The number of hydrogen-bond donors (Lipinski definition) is 2. The van der Waals surface area contributed by atoms with Crippen LogP contribution in [0.1, 0.15) is 39.7 Å². The summed E-state index contributed by atoms with van der Waals surface area (Å²) < 4.78 is 5.41. The molecule has 19 heavy (non-hydrogen) atoms. The van der Waals surface area contributed by atoms with Gasteiger partial charge in [-0.05, 0) is 44.9 Å². The van der Waals surface area contributed by atoms with E-state index in [1.165, 1.54) is 0 Å². The molecule has 0 aliphatic heterocycles. The largest absolute Gasteiger partial charge is 0.479 e. The van der Waals surface area contributed by atoms with Crippen LogP contribution >= 0.6 is 0 Å². The predicted molar refractivity (Wildman–Crippen MR) is 75.4 cm³/mol. The van der Waals surface area contributed by atoms with Crippen LogP contribution in [0.4, 0.5) is 0 Å². The first-order chi connectivity index (χ1) is 8.81. The summed E-state index contributed by atoms with van der Waals surface area (Å²) in [5, 5.41) is 12.3. The number of nitrogens with one attached hydrogen (secondary N) is 1. The van der Waals surface area contributed by atoms with Crippen LogP contribution < -0.4 is 10.1 Å². The molecule has 0 aliphatic carbocycles. The molecular weight excluding hydrogens is 242 g/mol. The van der Waals surface area contributed by atoms with Crippen LogP contribution in [0, 0.1) is 0 Å². The van der Waals surface area contributed by atoms with E-state index >= 15 is 0 Å². The van der Waals surface area contributed by atoms with Crippen LogP contribution in [0.15, 0.2) is 24.3 Å². The molecule has 0 saturated carbocycles. The highest BCUT2D eigenvalue weighted by molar-refractivity contribution is 5.72. The summed E-state index contributed by atoms with van der Waals surface area (Å²) in [7, 11) is 0. The fraction of sp³-hybridized carbons (Fsp3) is 0.533. The number of carbonyl (C=O) groups is 1. The van der Waals surface area contributed by atoms with Crippen LogP contribution in [-0.4, -0.2) is 22.7 Å². The summed E-state index contributed by atoms with van der Waals surface area (Å²) >= 11 is 0. The van der Waals surface area contributed by atoms with Gasteiger partial charge in [-0.2, -0.15) is 0 Å². The number of hydrogen-bond acceptors (Lipinski definition) is 3. The zero-order valence-electron chi connectivity index (χ0n) is 12.1. The van der Waals surface area contributed by atoms with Crippen molar-refractivity contribution in [3.63, 3.8) is 0 Å². The van der Waals surface area contributed by atoms with Crippen LogP contribution in [0.25, 0.3) is 0 Å². The Hall–Kier alpha value is -1.55. The standard InChI is InChI=1S/C15H23NO3/c1-5-13(14(17)18)19-12-8-6-11(7-9-12)10-16-15(2,3)4/h6-9,13,16H,5,10H2,1-4H3,(H,17,18). The van der Waals surface area contributed by atoms with Gasteiger partial charge in [0, 0.05) is 12.1 Å². The molecule has 4 heteroatoms. The van der Waals surface area contributed by atoms with Gasteiger partial charge in [0.05, 0.1) is 0 Å². The van der Waals surface area contributed by atoms with Crippen LogP contribution in [0.5, 0.6) is 5.75 Å². The molecule has 1 aromatic carbocycles. The van der Waals surface area contributed by atoms with Crippen LogP contribution in [0.2, 0.25) is 0 Å². The molecule has 0 aromatic heterocycles. The maximum Gasteiger partial charge on any atom is 0.344 e. The minimum atomic E-state index is -0.930. The van der Waals surface area contributed by atoms with Gasteiger partial charge in [-0.25, -0.2) is 4.79 Å². The molecule has 1 atom stereocenters. The summed E-state index contributed by atoms with van der Waals surface area (Å²) in [6.07, 6.45) is -0.332. The highest BCUT2D eigenvalue weighted by Gasteiger charge is 2.16. The third-order valence-corrected chi connectivity index (χ3v) is 2.67. The van der Waals surface area contributed by atoms with Crippen molar-refractivity contribution < 1.29 is 14.6 Å². The Morgan fingerprint density at radius 3 is 2.32 bits per heavy atom. The molecule has 2 N–H and O–H groups in total. The molecule has 0 amide bonds. The molecule has 0 spiro atoms. The van der Waals surface area contributed by atoms with Crippen LogP contribution in [0.3, 0.4) is 0 Å². The lowest BCUT2D eigenvalue weighted by atomic mass is 10.1. The Labute approximate surface area is 114 Å². The maximum absolute atomic E-state index is 10.9. The van der Waals surface area contributed by atoms with E-state index in [9.17, 15) is 4.79 Å². The third kappa shape index (κ3) is 5.75. The van der Waals surface area contributed by atoms with E-state index in [0.29, 0.717) is 12.2 Å². The quantitative estimate of drug-likeness (QED) is 0.830. The molecule has 0 bridgehead atoms. The highest BCUT2D eigenvalue weighted by Crippen LogP contribution is 2.15. The second kappa shape index (κ2) is 6.57. The molecule has 4 nitrogen and oxygen atoms in total. The van der Waals surface area contributed by atoms with E-state index in [2.05, 4.69) is 26.1 Å². The molecule has 0 fully saturated rings. The Morgan fingerprint density at radius 2 is 1.89 bits per heavy atom. The summed E-state index contributed by atoms with van der Waals surface area (Å²) in [4.78, 5) is 10.9. The van der Waals surface area contributed by atoms with Crippen molar-refractivity contribution in [3.8, 4) is 5.75 Å². The Balaban J connectivity index is 2.59. The molecule has 106 valence electrons. The molecule has 1 aromatic rings. The van der Waals surface area contributed by atoms with E-state index < -0.39 is 12.1 Å². The maximum atomic E-state index is 10.9. The van der Waals surface area contributed by atoms with Crippen molar-refractivity contribution in [2.75, 3.05) is 0 Å². The number of carboxylic acids is 1. The van der Waals surface area contributed by atoms with Gasteiger partial charge in [-0.15, -0.1) is 0 Å². The highest BCUT2D eigenvalue weighted by atomic mass is 16.5. The second-order valence-corrected chi connectivity index (χ2v) is 5.60. The Kier molecular flexibility index (Phi) is 5.36. The number of benzene rings is 1. The molecule has 0 saturated heterocycles. The third-order valence-electron chi connectivity index (χ3n) is 2.67. The summed E-state index contributed by atoms with van der Waals surface area (Å²) in [6.45, 7) is 8.91. The minimum absolute atomic E-state index is 0.0752. The van der Waals surface area contributed by atoms with E-state index in [1.807, 2.05) is 24.3 Å². The summed E-state index contributed by atoms with van der Waals surface area (Å²) in [6, 6.07) is 7.52. The average Bonchev–Trinajstić information content (AvgIpc) is 2.33. The molecule has 0 radical (unpaired) electrons. The molecular formula is C15H23NO3. The zero-order chi connectivity index (χ0) is 14.5. The van der Waals surface area contributed by atoms with Crippen molar-refractivity contribution in [1.82, 2.24) is 5.32 Å². The van der Waals surface area contributed by atoms with Gasteiger partial charge in [-0.3, -0.25) is 0 Å². The normalized spacial score (nSPS) is 13.1. The first kappa shape index (κ1) is 15.5.